The van der Waals surface area contributed by atoms with Crippen molar-refractivity contribution in [2.45, 2.75) is 26.1 Å². The van der Waals surface area contributed by atoms with Gasteiger partial charge in [0.2, 0.25) is 0 Å². The Hall–Kier alpha value is -2.54. The molecule has 0 radical (unpaired) electrons. The zero-order valence-corrected chi connectivity index (χ0v) is 14.3. The lowest BCUT2D eigenvalue weighted by Gasteiger charge is -2.26. The van der Waals surface area contributed by atoms with Crippen LogP contribution in [0.4, 0.5) is 0 Å². The van der Waals surface area contributed by atoms with Crippen LogP contribution in [0.1, 0.15) is 28.3 Å². The summed E-state index contributed by atoms with van der Waals surface area (Å²) in [6, 6.07) is 5.78. The Kier molecular flexibility index (Phi) is 4.31. The van der Waals surface area contributed by atoms with Gasteiger partial charge in [-0.3, -0.25) is 4.79 Å². The van der Waals surface area contributed by atoms with Crippen LogP contribution in [-0.2, 0) is 19.6 Å². The molecule has 2 aliphatic heterocycles. The molecule has 0 saturated carbocycles. The molecule has 1 amide bonds. The van der Waals surface area contributed by atoms with Gasteiger partial charge in [0.1, 0.15) is 11.5 Å². The predicted molar refractivity (Wildman–Crippen MR) is 91.8 cm³/mol. The number of ether oxygens (including phenoxy) is 2. The van der Waals surface area contributed by atoms with Gasteiger partial charge < -0.3 is 24.3 Å². The number of aromatic nitrogens is 2. The summed E-state index contributed by atoms with van der Waals surface area (Å²) < 4.78 is 13.3. The Balaban J connectivity index is 1.61. The van der Waals surface area contributed by atoms with Crippen molar-refractivity contribution in [3.05, 3.63) is 41.5 Å². The number of fused-ring (bicyclic) bond motifs is 2. The van der Waals surface area contributed by atoms with Gasteiger partial charge in [0.15, 0.2) is 11.5 Å². The van der Waals surface area contributed by atoms with Crippen LogP contribution in [0.15, 0.2) is 24.4 Å². The van der Waals surface area contributed by atoms with Crippen molar-refractivity contribution >= 4 is 5.91 Å². The normalized spacial score (nSPS) is 16.9. The molecule has 2 aliphatic rings. The molecule has 132 valence electrons. The van der Waals surface area contributed by atoms with Crippen LogP contribution in [0, 0.1) is 0 Å². The molecule has 0 unspecified atom stereocenters. The Morgan fingerprint density at radius 2 is 2.28 bits per heavy atom. The highest BCUT2D eigenvalue weighted by Crippen LogP contribution is 2.33. The molecule has 1 aromatic carbocycles. The van der Waals surface area contributed by atoms with Crippen molar-refractivity contribution in [1.82, 2.24) is 19.8 Å². The maximum atomic E-state index is 13.0. The number of carbonyl (C=O) groups excluding carboxylic acids is 1. The minimum Gasteiger partial charge on any atom is -0.493 e. The highest BCUT2D eigenvalue weighted by Gasteiger charge is 2.24. The van der Waals surface area contributed by atoms with E-state index in [0.29, 0.717) is 37.7 Å². The molecule has 4 rings (SSSR count). The topological polar surface area (TPSA) is 68.6 Å². The van der Waals surface area contributed by atoms with Crippen LogP contribution in [0.3, 0.4) is 0 Å². The zero-order valence-electron chi connectivity index (χ0n) is 14.3. The molecule has 7 nitrogen and oxygen atoms in total. The summed E-state index contributed by atoms with van der Waals surface area (Å²) in [5, 5.41) is 3.28. The van der Waals surface area contributed by atoms with Crippen molar-refractivity contribution in [2.75, 3.05) is 26.8 Å². The van der Waals surface area contributed by atoms with E-state index in [0.717, 1.165) is 36.6 Å². The molecule has 3 heterocycles. The average molecular weight is 342 g/mol. The fraction of sp³-hybridized carbons (Fsp3) is 0.444. The lowest BCUT2D eigenvalue weighted by atomic mass is 10.1. The molecular formula is C18H22N4O3. The first-order valence-electron chi connectivity index (χ1n) is 8.61. The second kappa shape index (κ2) is 6.76. The zero-order chi connectivity index (χ0) is 17.2. The number of imidazole rings is 1. The summed E-state index contributed by atoms with van der Waals surface area (Å²) in [6.07, 6.45) is 2.65. The highest BCUT2D eigenvalue weighted by atomic mass is 16.5. The molecule has 0 atom stereocenters. The van der Waals surface area contributed by atoms with E-state index in [4.69, 9.17) is 9.47 Å². The van der Waals surface area contributed by atoms with Gasteiger partial charge in [0.05, 0.1) is 20.3 Å². The van der Waals surface area contributed by atoms with E-state index in [1.807, 2.05) is 29.3 Å². The van der Waals surface area contributed by atoms with Crippen molar-refractivity contribution in [3.8, 4) is 11.5 Å². The highest BCUT2D eigenvalue weighted by molar-refractivity contribution is 5.92. The summed E-state index contributed by atoms with van der Waals surface area (Å²) in [7, 11) is 1.63. The number of hydrogen-bond donors (Lipinski definition) is 1. The van der Waals surface area contributed by atoms with Crippen molar-refractivity contribution in [1.29, 1.82) is 0 Å². The van der Waals surface area contributed by atoms with Crippen LogP contribution in [-0.4, -0.2) is 47.2 Å². The molecule has 25 heavy (non-hydrogen) atoms. The Morgan fingerprint density at radius 1 is 1.36 bits per heavy atom. The second-order valence-corrected chi connectivity index (χ2v) is 6.29. The molecule has 0 spiro atoms. The lowest BCUT2D eigenvalue weighted by Crippen LogP contribution is -2.34. The maximum Gasteiger partial charge on any atom is 0.274 e. The first-order chi connectivity index (χ1) is 12.3. The van der Waals surface area contributed by atoms with Crippen molar-refractivity contribution in [2.24, 2.45) is 0 Å². The number of rotatable bonds is 2. The SMILES string of the molecule is COc1cccc2c1OCCCN(C(=O)c1cn3c(n1)CNCC3)C2. The summed E-state index contributed by atoms with van der Waals surface area (Å²) in [5.41, 5.74) is 1.47. The van der Waals surface area contributed by atoms with Crippen LogP contribution in [0.2, 0.25) is 0 Å². The van der Waals surface area contributed by atoms with E-state index in [1.165, 1.54) is 0 Å². The predicted octanol–water partition coefficient (Wildman–Crippen LogP) is 1.42. The molecule has 7 heteroatoms. The molecule has 0 fully saturated rings. The van der Waals surface area contributed by atoms with Crippen molar-refractivity contribution < 1.29 is 14.3 Å². The monoisotopic (exact) mass is 342 g/mol. The number of nitrogens with one attached hydrogen (secondary N) is 1. The maximum absolute atomic E-state index is 13.0. The quantitative estimate of drug-likeness (QED) is 0.894. The first-order valence-corrected chi connectivity index (χ1v) is 8.61. The average Bonchev–Trinajstić information content (AvgIpc) is 3.05. The van der Waals surface area contributed by atoms with E-state index in [9.17, 15) is 4.79 Å². The van der Waals surface area contributed by atoms with Gasteiger partial charge in [-0.05, 0) is 12.5 Å². The summed E-state index contributed by atoms with van der Waals surface area (Å²) >= 11 is 0. The number of amides is 1. The number of benzene rings is 1. The van der Waals surface area contributed by atoms with Crippen molar-refractivity contribution in [3.63, 3.8) is 0 Å². The molecular weight excluding hydrogens is 320 g/mol. The smallest absolute Gasteiger partial charge is 0.274 e. The van der Waals surface area contributed by atoms with Crippen LogP contribution < -0.4 is 14.8 Å². The number of carbonyl (C=O) groups is 1. The third-order valence-electron chi connectivity index (χ3n) is 4.64. The van der Waals surface area contributed by atoms with Gasteiger partial charge in [-0.2, -0.15) is 0 Å². The van der Waals surface area contributed by atoms with Crippen LogP contribution in [0.25, 0.3) is 0 Å². The Labute approximate surface area is 146 Å². The van der Waals surface area contributed by atoms with Gasteiger partial charge in [-0.15, -0.1) is 0 Å². The van der Waals surface area contributed by atoms with Gasteiger partial charge in [-0.1, -0.05) is 12.1 Å². The van der Waals surface area contributed by atoms with Crippen LogP contribution in [0.5, 0.6) is 11.5 Å². The number of methoxy groups -OCH3 is 1. The Bertz CT molecular complexity index is 763. The standard InChI is InChI=1S/C18H22N4O3/c1-24-15-5-2-4-13-11-22(7-3-9-25-17(13)15)18(23)14-12-21-8-6-19-10-16(21)20-14/h2,4-5,12,19H,3,6-11H2,1H3. The van der Waals surface area contributed by atoms with Crippen LogP contribution >= 0.6 is 0 Å². The molecule has 0 aliphatic carbocycles. The van der Waals surface area contributed by atoms with E-state index < -0.39 is 0 Å². The number of para-hydroxylation sites is 1. The van der Waals surface area contributed by atoms with Gasteiger partial charge in [-0.25, -0.2) is 4.98 Å². The molecule has 1 N–H and O–H groups in total. The fourth-order valence-electron chi connectivity index (χ4n) is 3.35. The molecule has 1 aromatic heterocycles. The van der Waals surface area contributed by atoms with Gasteiger partial charge in [0, 0.05) is 37.9 Å². The van der Waals surface area contributed by atoms with E-state index in [-0.39, 0.29) is 5.91 Å². The van der Waals surface area contributed by atoms with E-state index in [2.05, 4.69) is 14.9 Å². The fourth-order valence-corrected chi connectivity index (χ4v) is 3.35. The minimum atomic E-state index is -0.0300. The van der Waals surface area contributed by atoms with E-state index >= 15 is 0 Å². The number of hydrogen-bond acceptors (Lipinski definition) is 5. The minimum absolute atomic E-state index is 0.0300. The molecule has 0 bridgehead atoms. The van der Waals surface area contributed by atoms with Gasteiger partial charge >= 0.3 is 0 Å². The third-order valence-corrected chi connectivity index (χ3v) is 4.64. The first kappa shape index (κ1) is 16.0. The van der Waals surface area contributed by atoms with E-state index in [1.54, 1.807) is 7.11 Å². The third kappa shape index (κ3) is 3.07. The second-order valence-electron chi connectivity index (χ2n) is 6.29. The Morgan fingerprint density at radius 3 is 3.12 bits per heavy atom. The largest absolute Gasteiger partial charge is 0.493 e. The molecule has 0 saturated heterocycles. The summed E-state index contributed by atoms with van der Waals surface area (Å²) in [6.45, 7) is 4.17. The summed E-state index contributed by atoms with van der Waals surface area (Å²) in [5.74, 6) is 2.33. The number of nitrogens with zero attached hydrogens (tertiary/aromatic N) is 3. The van der Waals surface area contributed by atoms with Gasteiger partial charge in [0.25, 0.3) is 5.91 Å². The molecule has 2 aromatic rings. The lowest BCUT2D eigenvalue weighted by molar-refractivity contribution is 0.0715. The summed E-state index contributed by atoms with van der Waals surface area (Å²) in [4.78, 5) is 19.4.